The van der Waals surface area contributed by atoms with Gasteiger partial charge in [0.05, 0.1) is 24.6 Å². The lowest BCUT2D eigenvalue weighted by Crippen LogP contribution is -2.41. The van der Waals surface area contributed by atoms with Crippen molar-refractivity contribution in [1.29, 1.82) is 0 Å². The number of amides is 1. The summed E-state index contributed by atoms with van der Waals surface area (Å²) in [5, 5.41) is 6.02. The third-order valence-electron chi connectivity index (χ3n) is 5.11. The third kappa shape index (κ3) is 5.60. The summed E-state index contributed by atoms with van der Waals surface area (Å²) in [6.07, 6.45) is 4.39. The molecule has 0 radical (unpaired) electrons. The number of hydrazone groups is 1. The molecule has 29 heavy (non-hydrogen) atoms. The number of carbonyl (C=O) groups excluding carboxylic acids is 1. The molecule has 160 valence electrons. The van der Waals surface area contributed by atoms with Crippen molar-refractivity contribution in [2.45, 2.75) is 44.5 Å². The molecule has 6 nitrogen and oxygen atoms in total. The SMILES string of the molecule is CCC1SC(=O)N(CCN2CCCCC2)N=C1c1ccc(OC(F)F)c(OC)c1. The lowest BCUT2D eigenvalue weighted by Gasteiger charge is -2.31. The molecule has 3 rings (SSSR count). The van der Waals surface area contributed by atoms with Gasteiger partial charge in [0.1, 0.15) is 0 Å². The second kappa shape index (κ2) is 10.2. The van der Waals surface area contributed by atoms with E-state index in [0.717, 1.165) is 37.3 Å². The summed E-state index contributed by atoms with van der Waals surface area (Å²) in [6.45, 7) is 2.52. The standard InChI is InChI=1S/C20H27F2N3O3S/c1-3-17-18(14-7-8-15(28-19(21)22)16(13-14)27-2)23-25(20(26)29-17)12-11-24-9-5-4-6-10-24/h7-8,13,17,19H,3-6,9-12H2,1-2H3. The van der Waals surface area contributed by atoms with E-state index in [9.17, 15) is 13.6 Å². The Morgan fingerprint density at radius 1 is 1.21 bits per heavy atom. The Balaban J connectivity index is 1.81. The van der Waals surface area contributed by atoms with Crippen molar-refractivity contribution in [3.63, 3.8) is 0 Å². The van der Waals surface area contributed by atoms with Crippen molar-refractivity contribution in [1.82, 2.24) is 9.91 Å². The number of halogens is 2. The van der Waals surface area contributed by atoms with Crippen LogP contribution >= 0.6 is 11.8 Å². The molecule has 1 unspecified atom stereocenters. The summed E-state index contributed by atoms with van der Waals surface area (Å²) >= 11 is 1.26. The van der Waals surface area contributed by atoms with Gasteiger partial charge < -0.3 is 14.4 Å². The molecule has 2 aliphatic heterocycles. The average molecular weight is 428 g/mol. The third-order valence-corrected chi connectivity index (χ3v) is 6.36. The highest BCUT2D eigenvalue weighted by Gasteiger charge is 2.31. The van der Waals surface area contributed by atoms with Gasteiger partial charge in [-0.25, -0.2) is 5.01 Å². The molecule has 0 N–H and O–H groups in total. The average Bonchev–Trinajstić information content (AvgIpc) is 2.73. The van der Waals surface area contributed by atoms with E-state index >= 15 is 0 Å². The first-order chi connectivity index (χ1) is 14.0. The van der Waals surface area contributed by atoms with Crippen LogP contribution in [0.2, 0.25) is 0 Å². The zero-order valence-corrected chi connectivity index (χ0v) is 17.6. The second-order valence-electron chi connectivity index (χ2n) is 7.04. The highest BCUT2D eigenvalue weighted by Crippen LogP contribution is 2.34. The number of thioether (sulfide) groups is 1. The molecule has 1 fully saturated rings. The molecule has 1 saturated heterocycles. The molecular formula is C20H27F2N3O3S. The van der Waals surface area contributed by atoms with Crippen molar-refractivity contribution >= 4 is 22.7 Å². The molecule has 9 heteroatoms. The van der Waals surface area contributed by atoms with Crippen molar-refractivity contribution in [2.24, 2.45) is 5.10 Å². The minimum atomic E-state index is -2.93. The predicted molar refractivity (Wildman–Crippen MR) is 110 cm³/mol. The number of likely N-dealkylation sites (tertiary alicyclic amines) is 1. The number of carbonyl (C=O) groups is 1. The molecule has 0 bridgehead atoms. The fourth-order valence-corrected chi connectivity index (χ4v) is 4.53. The van der Waals surface area contributed by atoms with E-state index in [1.54, 1.807) is 12.1 Å². The molecule has 0 aliphatic carbocycles. The number of ether oxygens (including phenoxy) is 2. The van der Waals surface area contributed by atoms with E-state index < -0.39 is 6.61 Å². The van der Waals surface area contributed by atoms with Crippen LogP contribution in [0.4, 0.5) is 13.6 Å². The van der Waals surface area contributed by atoms with Crippen LogP contribution in [-0.4, -0.2) is 66.0 Å². The van der Waals surface area contributed by atoms with E-state index in [0.29, 0.717) is 6.54 Å². The fraction of sp³-hybridized carbons (Fsp3) is 0.600. The van der Waals surface area contributed by atoms with E-state index in [1.165, 1.54) is 49.2 Å². The van der Waals surface area contributed by atoms with Gasteiger partial charge in [-0.05, 0) is 50.6 Å². The highest BCUT2D eigenvalue weighted by atomic mass is 32.2. The maximum absolute atomic E-state index is 12.6. The Bertz CT molecular complexity index is 742. The van der Waals surface area contributed by atoms with Crippen LogP contribution in [0.3, 0.4) is 0 Å². The first kappa shape index (κ1) is 21.8. The molecule has 2 aliphatic rings. The Labute approximate surface area is 174 Å². The zero-order valence-electron chi connectivity index (χ0n) is 16.8. The minimum Gasteiger partial charge on any atom is -0.493 e. The van der Waals surface area contributed by atoms with Crippen LogP contribution in [0.5, 0.6) is 11.5 Å². The smallest absolute Gasteiger partial charge is 0.387 e. The largest absolute Gasteiger partial charge is 0.493 e. The van der Waals surface area contributed by atoms with Gasteiger partial charge in [0, 0.05) is 12.1 Å². The van der Waals surface area contributed by atoms with Gasteiger partial charge in [0.2, 0.25) is 0 Å². The van der Waals surface area contributed by atoms with Crippen molar-refractivity contribution in [3.05, 3.63) is 23.8 Å². The van der Waals surface area contributed by atoms with E-state index in [4.69, 9.17) is 4.74 Å². The zero-order chi connectivity index (χ0) is 20.8. The highest BCUT2D eigenvalue weighted by molar-refractivity contribution is 8.14. The summed E-state index contributed by atoms with van der Waals surface area (Å²) in [6, 6.07) is 4.77. The van der Waals surface area contributed by atoms with Crippen molar-refractivity contribution < 1.29 is 23.0 Å². The lowest BCUT2D eigenvalue weighted by atomic mass is 10.0. The molecule has 0 saturated carbocycles. The van der Waals surface area contributed by atoms with Gasteiger partial charge in [0.25, 0.3) is 0 Å². The van der Waals surface area contributed by atoms with E-state index in [2.05, 4.69) is 14.7 Å². The number of benzene rings is 1. The number of piperidine rings is 1. The van der Waals surface area contributed by atoms with Crippen LogP contribution < -0.4 is 9.47 Å². The van der Waals surface area contributed by atoms with E-state index in [1.807, 2.05) is 6.92 Å². The molecule has 1 aromatic rings. The second-order valence-corrected chi connectivity index (χ2v) is 8.19. The maximum Gasteiger partial charge on any atom is 0.387 e. The first-order valence-electron chi connectivity index (χ1n) is 9.94. The van der Waals surface area contributed by atoms with Gasteiger partial charge in [-0.2, -0.15) is 13.9 Å². The number of hydrogen-bond donors (Lipinski definition) is 0. The summed E-state index contributed by atoms with van der Waals surface area (Å²) in [5.41, 5.74) is 1.48. The fourth-order valence-electron chi connectivity index (χ4n) is 3.57. The van der Waals surface area contributed by atoms with Gasteiger partial charge in [-0.3, -0.25) is 4.79 Å². The number of alkyl halides is 2. The normalized spacial score (nSPS) is 20.7. The summed E-state index contributed by atoms with van der Waals surface area (Å²) in [7, 11) is 1.40. The van der Waals surface area contributed by atoms with E-state index in [-0.39, 0.29) is 22.0 Å². The van der Waals surface area contributed by atoms with Gasteiger partial charge >= 0.3 is 11.9 Å². The predicted octanol–water partition coefficient (Wildman–Crippen LogP) is 4.43. The van der Waals surface area contributed by atoms with Crippen molar-refractivity contribution in [2.75, 3.05) is 33.3 Å². The van der Waals surface area contributed by atoms with Crippen LogP contribution in [0.25, 0.3) is 0 Å². The topological polar surface area (TPSA) is 54.4 Å². The molecule has 0 aromatic heterocycles. The van der Waals surface area contributed by atoms with Crippen LogP contribution in [-0.2, 0) is 0 Å². The Morgan fingerprint density at radius 3 is 2.62 bits per heavy atom. The number of nitrogens with zero attached hydrogens (tertiary/aromatic N) is 3. The lowest BCUT2D eigenvalue weighted by molar-refractivity contribution is -0.0512. The van der Waals surface area contributed by atoms with Gasteiger partial charge in [-0.1, -0.05) is 25.1 Å². The van der Waals surface area contributed by atoms with Gasteiger partial charge in [-0.15, -0.1) is 0 Å². The molecule has 0 spiro atoms. The first-order valence-corrected chi connectivity index (χ1v) is 10.8. The molecule has 2 heterocycles. The van der Waals surface area contributed by atoms with Crippen molar-refractivity contribution in [3.8, 4) is 11.5 Å². The molecular weight excluding hydrogens is 400 g/mol. The molecule has 1 aromatic carbocycles. The quantitative estimate of drug-likeness (QED) is 0.614. The summed E-state index contributed by atoms with van der Waals surface area (Å²) < 4.78 is 34.9. The minimum absolute atomic E-state index is 0.0265. The summed E-state index contributed by atoms with van der Waals surface area (Å²) in [4.78, 5) is 14.9. The number of hydrogen-bond acceptors (Lipinski definition) is 6. The molecule has 1 atom stereocenters. The Kier molecular flexibility index (Phi) is 7.71. The maximum atomic E-state index is 12.6. The van der Waals surface area contributed by atoms with Crippen LogP contribution in [0, 0.1) is 0 Å². The summed E-state index contributed by atoms with van der Waals surface area (Å²) in [5.74, 6) is 0.184. The molecule has 1 amide bonds. The number of rotatable bonds is 8. The van der Waals surface area contributed by atoms with Crippen LogP contribution in [0.15, 0.2) is 23.3 Å². The van der Waals surface area contributed by atoms with Crippen LogP contribution in [0.1, 0.15) is 38.2 Å². The Morgan fingerprint density at radius 2 is 1.97 bits per heavy atom. The monoisotopic (exact) mass is 427 g/mol. The Hall–Kier alpha value is -1.87. The van der Waals surface area contributed by atoms with Gasteiger partial charge in [0.15, 0.2) is 11.5 Å². The number of methoxy groups -OCH3 is 1.